The number of nitriles is 1. The van der Waals surface area contributed by atoms with Crippen LogP contribution in [0.1, 0.15) is 25.3 Å². The number of carbonyl (C=O) groups is 1. The van der Waals surface area contributed by atoms with Crippen molar-refractivity contribution in [2.45, 2.75) is 25.8 Å². The van der Waals surface area contributed by atoms with Crippen molar-refractivity contribution in [1.29, 1.82) is 5.26 Å². The molecule has 1 saturated heterocycles. The summed E-state index contributed by atoms with van der Waals surface area (Å²) >= 11 is 1.57. The molecule has 2 N–H and O–H groups in total. The lowest BCUT2D eigenvalue weighted by Crippen LogP contribution is -2.52. The average molecular weight is 500 g/mol. The zero-order chi connectivity index (χ0) is 24.8. The molecular weight excluding hydrogens is 474 g/mol. The lowest BCUT2D eigenvalue weighted by molar-refractivity contribution is -0.120. The fourth-order valence-electron chi connectivity index (χ4n) is 5.53. The van der Waals surface area contributed by atoms with E-state index >= 15 is 0 Å². The first-order valence-electron chi connectivity index (χ1n) is 12.0. The van der Waals surface area contributed by atoms with E-state index in [0.717, 1.165) is 64.2 Å². The molecule has 36 heavy (non-hydrogen) atoms. The Morgan fingerprint density at radius 2 is 1.97 bits per heavy atom. The van der Waals surface area contributed by atoms with Crippen LogP contribution in [-0.4, -0.2) is 56.9 Å². The monoisotopic (exact) mass is 499 g/mol. The zero-order valence-electron chi connectivity index (χ0n) is 20.0. The number of hydrogen-bond donors (Lipinski definition) is 2. The van der Waals surface area contributed by atoms with Gasteiger partial charge in [-0.05, 0) is 48.9 Å². The van der Waals surface area contributed by atoms with Crippen molar-refractivity contribution in [1.82, 2.24) is 30.1 Å². The summed E-state index contributed by atoms with van der Waals surface area (Å²) in [6.45, 7) is 3.36. The molecule has 6 rings (SSSR count). The average Bonchev–Trinajstić information content (AvgIpc) is 3.59. The molecule has 4 aromatic rings. The maximum atomic E-state index is 11.6. The van der Waals surface area contributed by atoms with E-state index in [1.165, 1.54) is 0 Å². The molecular formula is C25H25N9OS. The molecule has 2 bridgehead atoms. The summed E-state index contributed by atoms with van der Waals surface area (Å²) in [6, 6.07) is 10.1. The number of hydrogen-bond acceptors (Lipinski definition) is 9. The van der Waals surface area contributed by atoms with E-state index in [2.05, 4.69) is 36.9 Å². The molecule has 3 atom stereocenters. The molecule has 0 radical (unpaired) electrons. The summed E-state index contributed by atoms with van der Waals surface area (Å²) in [5, 5.41) is 30.7. The minimum atomic E-state index is 0.0509. The minimum Gasteiger partial charge on any atom is -0.387 e. The molecule has 0 unspecified atom stereocenters. The second-order valence-corrected chi connectivity index (χ2v) is 10.4. The Morgan fingerprint density at radius 1 is 1.17 bits per heavy atom. The lowest BCUT2D eigenvalue weighted by atomic mass is 9.92. The van der Waals surface area contributed by atoms with Gasteiger partial charge in [-0.3, -0.25) is 9.78 Å². The van der Waals surface area contributed by atoms with E-state index < -0.39 is 0 Å². The standard InChI is InChI=1S/C25H25N9OS/c1-14(35)30-23-16-3-4-17(23)13-33(12-16)25-32-31-24(36-25)19-11-28-21(8-20(19)27-2)22-6-5-18-7-15(9-26)10-29-34(18)22/h5-8,10-11,16-17,23H,3-4,12-13H2,1-2H3,(H,27,28)(H,30,35)/t16-,17+,23+. The van der Waals surface area contributed by atoms with E-state index in [1.807, 2.05) is 31.4 Å². The SMILES string of the molecule is CNc1cc(-c2ccc3cc(C#N)cnn23)ncc1-c1nnc(N2C[C@H]3CC[C@@H](C2)[C@H]3NC(C)=O)s1. The van der Waals surface area contributed by atoms with Gasteiger partial charge in [0.15, 0.2) is 5.01 Å². The van der Waals surface area contributed by atoms with Gasteiger partial charge >= 0.3 is 0 Å². The molecule has 2 aliphatic rings. The smallest absolute Gasteiger partial charge is 0.217 e. The first-order valence-corrected chi connectivity index (χ1v) is 12.8. The van der Waals surface area contributed by atoms with Crippen LogP contribution >= 0.6 is 11.3 Å². The second-order valence-electron chi connectivity index (χ2n) is 9.40. The summed E-state index contributed by atoms with van der Waals surface area (Å²) < 4.78 is 1.78. The third-order valence-corrected chi connectivity index (χ3v) is 8.20. The molecule has 11 heteroatoms. The third-order valence-electron chi connectivity index (χ3n) is 7.18. The van der Waals surface area contributed by atoms with Gasteiger partial charge in [0.2, 0.25) is 11.0 Å². The fourth-order valence-corrected chi connectivity index (χ4v) is 6.42. The lowest BCUT2D eigenvalue weighted by Gasteiger charge is -2.37. The number of nitrogens with zero attached hydrogens (tertiary/aromatic N) is 7. The van der Waals surface area contributed by atoms with Crippen molar-refractivity contribution in [3.05, 3.63) is 42.2 Å². The van der Waals surface area contributed by atoms with Crippen LogP contribution in [0.3, 0.4) is 0 Å². The van der Waals surface area contributed by atoms with Crippen LogP contribution in [-0.2, 0) is 4.79 Å². The van der Waals surface area contributed by atoms with Crippen molar-refractivity contribution >= 4 is 33.6 Å². The van der Waals surface area contributed by atoms with Crippen LogP contribution in [0.5, 0.6) is 0 Å². The van der Waals surface area contributed by atoms with E-state index in [-0.39, 0.29) is 11.9 Å². The number of fused-ring (bicyclic) bond motifs is 3. The maximum absolute atomic E-state index is 11.6. The number of rotatable bonds is 5. The molecule has 1 amide bonds. The van der Waals surface area contributed by atoms with Crippen LogP contribution in [0, 0.1) is 23.2 Å². The number of nitrogens with one attached hydrogen (secondary N) is 2. The number of anilines is 2. The third kappa shape index (κ3) is 3.83. The van der Waals surface area contributed by atoms with Crippen LogP contribution in [0.2, 0.25) is 0 Å². The molecule has 1 aliphatic heterocycles. The van der Waals surface area contributed by atoms with Gasteiger partial charge in [0, 0.05) is 45.0 Å². The topological polar surface area (TPSA) is 124 Å². The van der Waals surface area contributed by atoms with Crippen molar-refractivity contribution in [3.63, 3.8) is 0 Å². The summed E-state index contributed by atoms with van der Waals surface area (Å²) in [7, 11) is 1.88. The summed E-state index contributed by atoms with van der Waals surface area (Å²) in [6.07, 6.45) is 5.64. The maximum Gasteiger partial charge on any atom is 0.217 e. The highest BCUT2D eigenvalue weighted by Gasteiger charge is 2.43. The highest BCUT2D eigenvalue weighted by Crippen LogP contribution is 2.41. The molecule has 1 aliphatic carbocycles. The van der Waals surface area contributed by atoms with Gasteiger partial charge in [0.25, 0.3) is 0 Å². The first-order chi connectivity index (χ1) is 17.5. The van der Waals surface area contributed by atoms with Gasteiger partial charge < -0.3 is 15.5 Å². The van der Waals surface area contributed by atoms with Crippen molar-refractivity contribution in [2.24, 2.45) is 11.8 Å². The largest absolute Gasteiger partial charge is 0.387 e. The Balaban J connectivity index is 1.26. The Bertz CT molecular complexity index is 1490. The Hall–Kier alpha value is -4.04. The summed E-state index contributed by atoms with van der Waals surface area (Å²) in [4.78, 5) is 18.6. The van der Waals surface area contributed by atoms with Crippen LogP contribution in [0.4, 0.5) is 10.8 Å². The molecule has 0 aromatic carbocycles. The number of piperidine rings is 1. The molecule has 0 spiro atoms. The van der Waals surface area contributed by atoms with Crippen molar-refractivity contribution in [3.8, 4) is 28.0 Å². The normalized spacial score (nSPS) is 20.9. The molecule has 182 valence electrons. The highest BCUT2D eigenvalue weighted by atomic mass is 32.1. The molecule has 4 aromatic heterocycles. The van der Waals surface area contributed by atoms with Crippen LogP contribution in [0.15, 0.2) is 36.7 Å². The summed E-state index contributed by atoms with van der Waals surface area (Å²) in [5.74, 6) is 0.946. The van der Waals surface area contributed by atoms with Crippen LogP contribution in [0.25, 0.3) is 27.5 Å². The fraction of sp³-hybridized carbons (Fsp3) is 0.360. The highest BCUT2D eigenvalue weighted by molar-refractivity contribution is 7.18. The number of amides is 1. The van der Waals surface area contributed by atoms with E-state index in [0.29, 0.717) is 17.4 Å². The number of carbonyl (C=O) groups excluding carboxylic acids is 1. The number of aromatic nitrogens is 5. The predicted molar refractivity (Wildman–Crippen MR) is 138 cm³/mol. The predicted octanol–water partition coefficient (Wildman–Crippen LogP) is 3.18. The molecule has 5 heterocycles. The summed E-state index contributed by atoms with van der Waals surface area (Å²) in [5.41, 5.74) is 4.75. The van der Waals surface area contributed by atoms with E-state index in [4.69, 9.17) is 10.2 Å². The van der Waals surface area contributed by atoms with Gasteiger partial charge in [-0.2, -0.15) is 10.4 Å². The van der Waals surface area contributed by atoms with Crippen molar-refractivity contribution in [2.75, 3.05) is 30.4 Å². The molecule has 10 nitrogen and oxygen atoms in total. The van der Waals surface area contributed by atoms with E-state index in [9.17, 15) is 4.79 Å². The van der Waals surface area contributed by atoms with Crippen LogP contribution < -0.4 is 15.5 Å². The van der Waals surface area contributed by atoms with Gasteiger partial charge in [-0.15, -0.1) is 10.2 Å². The van der Waals surface area contributed by atoms with Gasteiger partial charge in [-0.1, -0.05) is 11.3 Å². The Morgan fingerprint density at radius 3 is 2.69 bits per heavy atom. The Labute approximate surface area is 212 Å². The molecule has 1 saturated carbocycles. The second kappa shape index (κ2) is 8.87. The van der Waals surface area contributed by atoms with E-state index in [1.54, 1.807) is 35.0 Å². The molecule has 2 fully saturated rings. The minimum absolute atomic E-state index is 0.0509. The van der Waals surface area contributed by atoms with Crippen molar-refractivity contribution < 1.29 is 4.79 Å². The quantitative estimate of drug-likeness (QED) is 0.429. The Kier molecular flexibility index (Phi) is 5.53. The van der Waals surface area contributed by atoms with Gasteiger partial charge in [-0.25, -0.2) is 4.52 Å². The van der Waals surface area contributed by atoms with Gasteiger partial charge in [0.05, 0.1) is 34.2 Å². The zero-order valence-corrected chi connectivity index (χ0v) is 20.8. The number of pyridine rings is 1. The first kappa shape index (κ1) is 22.4. The van der Waals surface area contributed by atoms with Gasteiger partial charge in [0.1, 0.15) is 6.07 Å².